The van der Waals surface area contributed by atoms with Crippen LogP contribution in [0, 0.1) is 13.8 Å². The van der Waals surface area contributed by atoms with Gasteiger partial charge in [-0.3, -0.25) is 4.68 Å². The lowest BCUT2D eigenvalue weighted by atomic mass is 9.99. The zero-order valence-electron chi connectivity index (χ0n) is 10.6. The van der Waals surface area contributed by atoms with Gasteiger partial charge in [0.1, 0.15) is 0 Å². The number of nitrogens with zero attached hydrogens (tertiary/aromatic N) is 2. The molecule has 0 spiro atoms. The molecule has 0 saturated heterocycles. The standard InChI is InChI=1S/C14H19N3/c1-10-5-4-6-12(7-10)8-14(15)13-9-17(3)16-11(13)2/h4-7,9,14H,8,15H2,1-3H3. The highest BCUT2D eigenvalue weighted by Gasteiger charge is 2.12. The largest absolute Gasteiger partial charge is 0.324 e. The van der Waals surface area contributed by atoms with Crippen LogP contribution in [0.5, 0.6) is 0 Å². The SMILES string of the molecule is Cc1cccc(CC(N)c2cn(C)nc2C)c1. The molecular weight excluding hydrogens is 210 g/mol. The minimum Gasteiger partial charge on any atom is -0.324 e. The van der Waals surface area contributed by atoms with Crippen molar-refractivity contribution in [3.63, 3.8) is 0 Å². The van der Waals surface area contributed by atoms with Crippen LogP contribution in [0.2, 0.25) is 0 Å². The van der Waals surface area contributed by atoms with Crippen LogP contribution in [0.25, 0.3) is 0 Å². The van der Waals surface area contributed by atoms with Crippen molar-refractivity contribution in [3.8, 4) is 0 Å². The second-order valence-electron chi connectivity index (χ2n) is 4.64. The van der Waals surface area contributed by atoms with E-state index in [0.29, 0.717) is 0 Å². The van der Waals surface area contributed by atoms with Gasteiger partial charge in [0.25, 0.3) is 0 Å². The molecule has 3 heteroatoms. The number of nitrogens with two attached hydrogens (primary N) is 1. The van der Waals surface area contributed by atoms with Gasteiger partial charge in [0, 0.05) is 24.8 Å². The topological polar surface area (TPSA) is 43.8 Å². The number of aromatic nitrogens is 2. The van der Waals surface area contributed by atoms with Gasteiger partial charge in [-0.15, -0.1) is 0 Å². The highest BCUT2D eigenvalue weighted by molar-refractivity contribution is 5.27. The molecule has 0 bridgehead atoms. The zero-order chi connectivity index (χ0) is 12.4. The maximum absolute atomic E-state index is 6.24. The molecule has 17 heavy (non-hydrogen) atoms. The van der Waals surface area contributed by atoms with Crippen LogP contribution in [-0.2, 0) is 13.5 Å². The van der Waals surface area contributed by atoms with Gasteiger partial charge in [0.05, 0.1) is 5.69 Å². The summed E-state index contributed by atoms with van der Waals surface area (Å²) in [5, 5.41) is 4.33. The average molecular weight is 229 g/mol. The lowest BCUT2D eigenvalue weighted by Gasteiger charge is -2.11. The number of hydrogen-bond donors (Lipinski definition) is 1. The highest BCUT2D eigenvalue weighted by Crippen LogP contribution is 2.19. The summed E-state index contributed by atoms with van der Waals surface area (Å²) in [6.07, 6.45) is 2.87. The lowest BCUT2D eigenvalue weighted by molar-refractivity contribution is 0.714. The normalized spacial score (nSPS) is 12.7. The Morgan fingerprint density at radius 3 is 2.71 bits per heavy atom. The number of benzene rings is 1. The maximum Gasteiger partial charge on any atom is 0.0641 e. The predicted octanol–water partition coefficient (Wildman–Crippen LogP) is 2.28. The zero-order valence-corrected chi connectivity index (χ0v) is 10.6. The molecule has 0 saturated carbocycles. The molecule has 1 atom stereocenters. The average Bonchev–Trinajstić information content (AvgIpc) is 2.58. The number of aryl methyl sites for hydroxylation is 3. The lowest BCUT2D eigenvalue weighted by Crippen LogP contribution is -2.13. The van der Waals surface area contributed by atoms with E-state index >= 15 is 0 Å². The first-order valence-electron chi connectivity index (χ1n) is 5.87. The summed E-state index contributed by atoms with van der Waals surface area (Å²) < 4.78 is 1.82. The molecule has 0 aliphatic carbocycles. The molecule has 2 aromatic rings. The van der Waals surface area contributed by atoms with Gasteiger partial charge in [-0.05, 0) is 25.8 Å². The van der Waals surface area contributed by atoms with Crippen LogP contribution in [0.3, 0.4) is 0 Å². The van der Waals surface area contributed by atoms with Crippen molar-refractivity contribution in [1.82, 2.24) is 9.78 Å². The predicted molar refractivity (Wildman–Crippen MR) is 69.8 cm³/mol. The van der Waals surface area contributed by atoms with E-state index in [1.54, 1.807) is 0 Å². The van der Waals surface area contributed by atoms with Crippen LogP contribution in [0.15, 0.2) is 30.5 Å². The molecule has 90 valence electrons. The molecular formula is C14H19N3. The van der Waals surface area contributed by atoms with Crippen molar-refractivity contribution in [1.29, 1.82) is 0 Å². The van der Waals surface area contributed by atoms with Crippen molar-refractivity contribution >= 4 is 0 Å². The second kappa shape index (κ2) is 4.72. The molecule has 0 fully saturated rings. The first-order chi connectivity index (χ1) is 8.06. The van der Waals surface area contributed by atoms with E-state index in [0.717, 1.165) is 17.7 Å². The van der Waals surface area contributed by atoms with Crippen LogP contribution in [0.1, 0.15) is 28.4 Å². The molecule has 2 rings (SSSR count). The Morgan fingerprint density at radius 1 is 1.35 bits per heavy atom. The van der Waals surface area contributed by atoms with Crippen molar-refractivity contribution in [2.24, 2.45) is 12.8 Å². The van der Waals surface area contributed by atoms with Gasteiger partial charge < -0.3 is 5.73 Å². The minimum absolute atomic E-state index is 0.0190. The molecule has 0 aliphatic rings. The van der Waals surface area contributed by atoms with Crippen molar-refractivity contribution < 1.29 is 0 Å². The highest BCUT2D eigenvalue weighted by atomic mass is 15.2. The fourth-order valence-corrected chi connectivity index (χ4v) is 2.18. The van der Waals surface area contributed by atoms with E-state index in [1.165, 1.54) is 11.1 Å². The minimum atomic E-state index is 0.0190. The summed E-state index contributed by atoms with van der Waals surface area (Å²) in [6.45, 7) is 4.11. The second-order valence-corrected chi connectivity index (χ2v) is 4.64. The van der Waals surface area contributed by atoms with Gasteiger partial charge in [0.15, 0.2) is 0 Å². The summed E-state index contributed by atoms with van der Waals surface area (Å²) in [5.74, 6) is 0. The number of rotatable bonds is 3. The van der Waals surface area contributed by atoms with E-state index in [2.05, 4.69) is 36.3 Å². The van der Waals surface area contributed by atoms with E-state index < -0.39 is 0 Å². The van der Waals surface area contributed by atoms with Gasteiger partial charge in [0.2, 0.25) is 0 Å². The Balaban J connectivity index is 2.16. The fraction of sp³-hybridized carbons (Fsp3) is 0.357. The van der Waals surface area contributed by atoms with E-state index in [-0.39, 0.29) is 6.04 Å². The Morgan fingerprint density at radius 2 is 2.12 bits per heavy atom. The summed E-state index contributed by atoms with van der Waals surface area (Å²) in [7, 11) is 1.93. The van der Waals surface area contributed by atoms with E-state index in [9.17, 15) is 0 Å². The van der Waals surface area contributed by atoms with Crippen LogP contribution < -0.4 is 5.73 Å². The van der Waals surface area contributed by atoms with E-state index in [1.807, 2.05) is 24.9 Å². The molecule has 0 amide bonds. The van der Waals surface area contributed by atoms with Gasteiger partial charge in [-0.1, -0.05) is 29.8 Å². The molecule has 1 aromatic heterocycles. The molecule has 0 radical (unpaired) electrons. The fourth-order valence-electron chi connectivity index (χ4n) is 2.18. The summed E-state index contributed by atoms with van der Waals surface area (Å²) in [4.78, 5) is 0. The Kier molecular flexibility index (Phi) is 3.29. The Bertz CT molecular complexity index is 514. The van der Waals surface area contributed by atoms with Gasteiger partial charge in [-0.2, -0.15) is 5.10 Å². The molecule has 1 unspecified atom stereocenters. The quantitative estimate of drug-likeness (QED) is 0.877. The molecule has 1 aromatic carbocycles. The molecule has 0 aliphatic heterocycles. The third-order valence-electron chi connectivity index (χ3n) is 2.99. The maximum atomic E-state index is 6.24. The summed E-state index contributed by atoms with van der Waals surface area (Å²) in [5.41, 5.74) is 10.9. The summed E-state index contributed by atoms with van der Waals surface area (Å²) in [6, 6.07) is 8.51. The van der Waals surface area contributed by atoms with Crippen LogP contribution >= 0.6 is 0 Å². The van der Waals surface area contributed by atoms with Crippen molar-refractivity contribution in [2.75, 3.05) is 0 Å². The molecule has 3 nitrogen and oxygen atoms in total. The number of hydrogen-bond acceptors (Lipinski definition) is 2. The third-order valence-corrected chi connectivity index (χ3v) is 2.99. The first-order valence-corrected chi connectivity index (χ1v) is 5.87. The molecule has 2 N–H and O–H groups in total. The summed E-state index contributed by atoms with van der Waals surface area (Å²) >= 11 is 0. The van der Waals surface area contributed by atoms with Gasteiger partial charge >= 0.3 is 0 Å². The van der Waals surface area contributed by atoms with Crippen LogP contribution in [0.4, 0.5) is 0 Å². The van der Waals surface area contributed by atoms with Crippen LogP contribution in [-0.4, -0.2) is 9.78 Å². The van der Waals surface area contributed by atoms with Gasteiger partial charge in [-0.25, -0.2) is 0 Å². The Labute approximate surface area is 102 Å². The molecule has 1 heterocycles. The van der Waals surface area contributed by atoms with E-state index in [4.69, 9.17) is 5.73 Å². The van der Waals surface area contributed by atoms with Crippen molar-refractivity contribution in [3.05, 3.63) is 52.8 Å². The monoisotopic (exact) mass is 229 g/mol. The first kappa shape index (κ1) is 11.9. The third kappa shape index (κ3) is 2.74. The van der Waals surface area contributed by atoms with Crippen molar-refractivity contribution in [2.45, 2.75) is 26.3 Å². The smallest absolute Gasteiger partial charge is 0.0641 e. The Hall–Kier alpha value is -1.61.